The van der Waals surface area contributed by atoms with Crippen LogP contribution in [0.15, 0.2) is 0 Å². The van der Waals surface area contributed by atoms with Crippen LogP contribution in [0.25, 0.3) is 0 Å². The molecule has 4 unspecified atom stereocenters. The Bertz CT molecular complexity index is 330. The van der Waals surface area contributed by atoms with Gasteiger partial charge in [-0.1, -0.05) is 13.3 Å². The highest BCUT2D eigenvalue weighted by Crippen LogP contribution is 2.51. The molecule has 2 heteroatoms. The number of rotatable bonds is 4. The highest BCUT2D eigenvalue weighted by molar-refractivity contribution is 5.02. The van der Waals surface area contributed by atoms with Gasteiger partial charge in [0.1, 0.15) is 0 Å². The molecule has 0 radical (unpaired) electrons. The van der Waals surface area contributed by atoms with Crippen LogP contribution >= 0.6 is 0 Å². The fraction of sp³-hybridized carbons (Fsp3) is 1.00. The van der Waals surface area contributed by atoms with Gasteiger partial charge in [-0.25, -0.2) is 0 Å². The van der Waals surface area contributed by atoms with Crippen molar-refractivity contribution in [3.63, 3.8) is 0 Å². The molecule has 0 spiro atoms. The molecule has 3 aliphatic carbocycles. The van der Waals surface area contributed by atoms with Crippen molar-refractivity contribution in [2.24, 2.45) is 29.4 Å². The first-order valence-corrected chi connectivity index (χ1v) is 8.94. The molecule has 3 aliphatic rings. The molecule has 4 atom stereocenters. The molecule has 0 amide bonds. The highest BCUT2D eigenvalue weighted by atomic mass is 15.2. The van der Waals surface area contributed by atoms with Gasteiger partial charge in [0.2, 0.25) is 0 Å². The van der Waals surface area contributed by atoms with Crippen LogP contribution in [0.4, 0.5) is 0 Å². The van der Waals surface area contributed by atoms with E-state index in [4.69, 9.17) is 5.73 Å². The molecule has 3 saturated carbocycles. The maximum Gasteiger partial charge on any atom is 0.0354 e. The van der Waals surface area contributed by atoms with Crippen LogP contribution in [0.3, 0.4) is 0 Å². The summed E-state index contributed by atoms with van der Waals surface area (Å²) in [6.45, 7) is 2.40. The third kappa shape index (κ3) is 2.54. The Morgan fingerprint density at radius 2 is 1.80 bits per heavy atom. The number of hydrogen-bond acceptors (Lipinski definition) is 2. The summed E-state index contributed by atoms with van der Waals surface area (Å²) in [4.78, 5) is 2.47. The van der Waals surface area contributed by atoms with Gasteiger partial charge in [-0.15, -0.1) is 0 Å². The minimum absolute atomic E-state index is 0.286. The van der Waals surface area contributed by atoms with E-state index in [1.165, 1.54) is 57.8 Å². The Morgan fingerprint density at radius 1 is 1.10 bits per heavy atom. The van der Waals surface area contributed by atoms with E-state index >= 15 is 0 Å². The number of nitrogens with two attached hydrogens (primary N) is 1. The third-order valence-electron chi connectivity index (χ3n) is 7.16. The topological polar surface area (TPSA) is 29.3 Å². The van der Waals surface area contributed by atoms with Gasteiger partial charge in [-0.05, 0) is 89.1 Å². The lowest BCUT2D eigenvalue weighted by atomic mass is 9.69. The minimum atomic E-state index is 0.286. The lowest BCUT2D eigenvalue weighted by Crippen LogP contribution is -2.59. The number of likely N-dealkylation sites (N-methyl/N-ethyl adjacent to an activating group) is 1. The van der Waals surface area contributed by atoms with E-state index in [2.05, 4.69) is 25.9 Å². The van der Waals surface area contributed by atoms with Crippen LogP contribution in [-0.2, 0) is 0 Å². The van der Waals surface area contributed by atoms with Gasteiger partial charge in [-0.2, -0.15) is 0 Å². The second-order valence-electron chi connectivity index (χ2n) is 8.46. The van der Waals surface area contributed by atoms with Crippen molar-refractivity contribution in [3.05, 3.63) is 0 Å². The number of nitrogens with zero attached hydrogens (tertiary/aromatic N) is 1. The van der Waals surface area contributed by atoms with Crippen LogP contribution in [0.2, 0.25) is 0 Å². The molecule has 0 aromatic carbocycles. The van der Waals surface area contributed by atoms with Crippen LogP contribution < -0.4 is 5.73 Å². The predicted molar refractivity (Wildman–Crippen MR) is 85.6 cm³/mol. The summed E-state index contributed by atoms with van der Waals surface area (Å²) in [6, 6.07) is 0.384. The van der Waals surface area contributed by atoms with E-state index in [0.29, 0.717) is 6.04 Å². The van der Waals surface area contributed by atoms with E-state index < -0.39 is 0 Å². The van der Waals surface area contributed by atoms with Crippen molar-refractivity contribution >= 4 is 0 Å². The van der Waals surface area contributed by atoms with Gasteiger partial charge in [0.15, 0.2) is 0 Å². The molecule has 116 valence electrons. The average molecular weight is 278 g/mol. The normalized spacial score (nSPS) is 46.0. The smallest absolute Gasteiger partial charge is 0.0354 e. The van der Waals surface area contributed by atoms with E-state index in [0.717, 1.165) is 23.7 Å². The lowest BCUT2D eigenvalue weighted by Gasteiger charge is -2.49. The Morgan fingerprint density at radius 3 is 2.30 bits per heavy atom. The van der Waals surface area contributed by atoms with Gasteiger partial charge in [0.05, 0.1) is 0 Å². The summed E-state index contributed by atoms with van der Waals surface area (Å²) in [7, 11) is 4.52. The van der Waals surface area contributed by atoms with Crippen molar-refractivity contribution < 1.29 is 0 Å². The third-order valence-corrected chi connectivity index (χ3v) is 7.16. The van der Waals surface area contributed by atoms with Crippen molar-refractivity contribution in [2.75, 3.05) is 14.1 Å². The zero-order valence-electron chi connectivity index (χ0n) is 13.8. The SMILES string of the molecule is CC1CCC(C(N)CC2CC3CCC2C3)(N(C)C)CC1. The van der Waals surface area contributed by atoms with Gasteiger partial charge < -0.3 is 10.6 Å². The Labute approximate surface area is 125 Å². The summed E-state index contributed by atoms with van der Waals surface area (Å²) < 4.78 is 0. The maximum atomic E-state index is 6.80. The highest BCUT2D eigenvalue weighted by Gasteiger charge is 2.45. The van der Waals surface area contributed by atoms with Gasteiger partial charge in [0, 0.05) is 11.6 Å². The van der Waals surface area contributed by atoms with Crippen molar-refractivity contribution in [3.8, 4) is 0 Å². The molecule has 2 nitrogen and oxygen atoms in total. The fourth-order valence-electron chi connectivity index (χ4n) is 5.62. The van der Waals surface area contributed by atoms with E-state index in [1.807, 2.05) is 0 Å². The zero-order valence-corrected chi connectivity index (χ0v) is 13.8. The first kappa shape index (κ1) is 14.8. The first-order valence-electron chi connectivity index (χ1n) is 8.94. The number of fused-ring (bicyclic) bond motifs is 2. The molecule has 20 heavy (non-hydrogen) atoms. The van der Waals surface area contributed by atoms with Crippen molar-refractivity contribution in [1.29, 1.82) is 0 Å². The van der Waals surface area contributed by atoms with E-state index in [1.54, 1.807) is 0 Å². The second-order valence-corrected chi connectivity index (χ2v) is 8.46. The molecule has 0 aromatic heterocycles. The molecular weight excluding hydrogens is 244 g/mol. The monoisotopic (exact) mass is 278 g/mol. The molecule has 2 N–H and O–H groups in total. The molecule has 2 bridgehead atoms. The zero-order chi connectivity index (χ0) is 14.3. The van der Waals surface area contributed by atoms with Crippen molar-refractivity contribution in [2.45, 2.75) is 76.3 Å². The van der Waals surface area contributed by atoms with Gasteiger partial charge in [0.25, 0.3) is 0 Å². The molecule has 0 aromatic rings. The maximum absolute atomic E-state index is 6.80. The molecule has 3 fully saturated rings. The molecular formula is C18H34N2. The van der Waals surface area contributed by atoms with Crippen LogP contribution in [0.1, 0.15) is 64.7 Å². The summed E-state index contributed by atoms with van der Waals surface area (Å²) in [6.07, 6.45) is 12.6. The largest absolute Gasteiger partial charge is 0.326 e. The summed E-state index contributed by atoms with van der Waals surface area (Å²) in [5, 5.41) is 0. The molecule has 3 rings (SSSR count). The second kappa shape index (κ2) is 5.61. The van der Waals surface area contributed by atoms with Crippen LogP contribution in [-0.4, -0.2) is 30.6 Å². The van der Waals surface area contributed by atoms with E-state index in [-0.39, 0.29) is 5.54 Å². The number of hydrogen-bond donors (Lipinski definition) is 1. The van der Waals surface area contributed by atoms with Gasteiger partial charge >= 0.3 is 0 Å². The first-order chi connectivity index (χ1) is 9.51. The Kier molecular flexibility index (Phi) is 4.16. The lowest BCUT2D eigenvalue weighted by molar-refractivity contribution is 0.0448. The Hall–Kier alpha value is -0.0800. The van der Waals surface area contributed by atoms with E-state index in [9.17, 15) is 0 Å². The quantitative estimate of drug-likeness (QED) is 0.850. The predicted octanol–water partition coefficient (Wildman–Crippen LogP) is 3.65. The fourth-order valence-corrected chi connectivity index (χ4v) is 5.62. The molecule has 0 aliphatic heterocycles. The van der Waals surface area contributed by atoms with Gasteiger partial charge in [-0.3, -0.25) is 0 Å². The summed E-state index contributed by atoms with van der Waals surface area (Å²) in [5.41, 5.74) is 7.09. The average Bonchev–Trinajstić information content (AvgIpc) is 3.01. The summed E-state index contributed by atoms with van der Waals surface area (Å²) >= 11 is 0. The Balaban J connectivity index is 1.65. The summed E-state index contributed by atoms with van der Waals surface area (Å²) in [5.74, 6) is 3.92. The van der Waals surface area contributed by atoms with Crippen molar-refractivity contribution in [1.82, 2.24) is 4.90 Å². The minimum Gasteiger partial charge on any atom is -0.326 e. The molecule has 0 heterocycles. The van der Waals surface area contributed by atoms with Crippen LogP contribution in [0, 0.1) is 23.7 Å². The van der Waals surface area contributed by atoms with Crippen LogP contribution in [0.5, 0.6) is 0 Å². The standard InChI is InChI=1S/C18H34N2/c1-13-6-8-18(9-7-13,20(2)3)17(19)12-16-11-14-4-5-15(16)10-14/h13-17H,4-12,19H2,1-3H3. The molecule has 0 saturated heterocycles.